The van der Waals surface area contributed by atoms with Crippen LogP contribution in [0.2, 0.25) is 0 Å². The molecule has 1 aliphatic carbocycles. The predicted octanol–water partition coefficient (Wildman–Crippen LogP) is 3.74. The fraction of sp³-hybridized carbons (Fsp3) is 0.438. The third-order valence-corrected chi connectivity index (χ3v) is 3.18. The Balaban J connectivity index is 1.64. The van der Waals surface area contributed by atoms with Gasteiger partial charge in [0.1, 0.15) is 6.61 Å². The minimum Gasteiger partial charge on any atom is -0.461 e. The molecule has 0 saturated heterocycles. The Kier molecular flexibility index (Phi) is 4.57. The maximum Gasteiger partial charge on any atom is 0.306 e. The van der Waals surface area contributed by atoms with Crippen LogP contribution in [-0.4, -0.2) is 12.6 Å². The van der Waals surface area contributed by atoms with Gasteiger partial charge in [0, 0.05) is 6.42 Å². The highest BCUT2D eigenvalue weighted by atomic mass is 16.5. The van der Waals surface area contributed by atoms with Gasteiger partial charge in [-0.25, -0.2) is 0 Å². The molecular weight excluding hydrogens is 224 g/mol. The number of hydrogen-bond donors (Lipinski definition) is 0. The third kappa shape index (κ3) is 4.74. The van der Waals surface area contributed by atoms with E-state index in [4.69, 9.17) is 4.74 Å². The molecule has 2 nitrogen and oxygen atoms in total. The highest BCUT2D eigenvalue weighted by Crippen LogP contribution is 2.33. The molecule has 1 aromatic rings. The van der Waals surface area contributed by atoms with Gasteiger partial charge in [-0.2, -0.15) is 0 Å². The van der Waals surface area contributed by atoms with Crippen LogP contribution in [0.15, 0.2) is 30.3 Å². The zero-order chi connectivity index (χ0) is 12.8. The minimum absolute atomic E-state index is 0.0737. The van der Waals surface area contributed by atoms with E-state index in [1.165, 1.54) is 18.4 Å². The molecule has 0 aromatic heterocycles. The quantitative estimate of drug-likeness (QED) is 0.712. The molecule has 0 aliphatic heterocycles. The van der Waals surface area contributed by atoms with Crippen molar-refractivity contribution in [1.82, 2.24) is 0 Å². The smallest absolute Gasteiger partial charge is 0.306 e. The van der Waals surface area contributed by atoms with E-state index in [1.54, 1.807) is 0 Å². The van der Waals surface area contributed by atoms with Gasteiger partial charge < -0.3 is 4.74 Å². The molecule has 0 bridgehead atoms. The van der Waals surface area contributed by atoms with E-state index in [2.05, 4.69) is 31.2 Å². The first-order valence-corrected chi connectivity index (χ1v) is 6.63. The van der Waals surface area contributed by atoms with Crippen molar-refractivity contribution in [1.29, 1.82) is 0 Å². The van der Waals surface area contributed by atoms with Crippen molar-refractivity contribution in [3.05, 3.63) is 41.5 Å². The Bertz CT molecular complexity index is 413. The van der Waals surface area contributed by atoms with Crippen molar-refractivity contribution in [3.8, 4) is 0 Å². The summed E-state index contributed by atoms with van der Waals surface area (Å²) in [6.45, 7) is 2.44. The Hall–Kier alpha value is -1.57. The number of carbonyl (C=O) groups is 1. The van der Waals surface area contributed by atoms with Crippen molar-refractivity contribution < 1.29 is 9.53 Å². The molecule has 1 aliphatic rings. The second-order valence-corrected chi connectivity index (χ2v) is 4.98. The molecule has 2 rings (SSSR count). The summed E-state index contributed by atoms with van der Waals surface area (Å²) in [5.74, 6) is 0.719. The maximum atomic E-state index is 11.4. The van der Waals surface area contributed by atoms with Crippen molar-refractivity contribution in [3.63, 3.8) is 0 Å². The standard InChI is InChI=1S/C16H20O2/c1-13-4-6-14(7-5-13)3-2-12-18-16(17)11-10-15-8-9-15/h2-7,15H,8-12H2,1H3. The molecule has 18 heavy (non-hydrogen) atoms. The predicted molar refractivity (Wildman–Crippen MR) is 73.1 cm³/mol. The molecule has 0 spiro atoms. The summed E-state index contributed by atoms with van der Waals surface area (Å²) in [4.78, 5) is 11.4. The molecule has 1 aromatic carbocycles. The maximum absolute atomic E-state index is 11.4. The van der Waals surface area contributed by atoms with Crippen LogP contribution in [0.25, 0.3) is 6.08 Å². The lowest BCUT2D eigenvalue weighted by molar-refractivity contribution is -0.142. The second kappa shape index (κ2) is 6.39. The van der Waals surface area contributed by atoms with Crippen molar-refractivity contribution in [2.75, 3.05) is 6.61 Å². The van der Waals surface area contributed by atoms with Crippen molar-refractivity contribution in [2.45, 2.75) is 32.6 Å². The van der Waals surface area contributed by atoms with Crippen LogP contribution in [0.3, 0.4) is 0 Å². The number of rotatable bonds is 6. The Morgan fingerprint density at radius 2 is 2.06 bits per heavy atom. The summed E-state index contributed by atoms with van der Waals surface area (Å²) in [6.07, 6.45) is 8.03. The average Bonchev–Trinajstić information content (AvgIpc) is 3.18. The molecule has 0 amide bonds. The van der Waals surface area contributed by atoms with Crippen molar-refractivity contribution in [2.24, 2.45) is 5.92 Å². The van der Waals surface area contributed by atoms with E-state index < -0.39 is 0 Å². The largest absolute Gasteiger partial charge is 0.461 e. The lowest BCUT2D eigenvalue weighted by Gasteiger charge is -2.00. The fourth-order valence-corrected chi connectivity index (χ4v) is 1.80. The number of hydrogen-bond acceptors (Lipinski definition) is 2. The zero-order valence-electron chi connectivity index (χ0n) is 10.9. The molecule has 2 heteroatoms. The van der Waals surface area contributed by atoms with Gasteiger partial charge in [-0.15, -0.1) is 0 Å². The van der Waals surface area contributed by atoms with E-state index in [-0.39, 0.29) is 5.97 Å². The van der Waals surface area contributed by atoms with Gasteiger partial charge in [-0.3, -0.25) is 4.79 Å². The van der Waals surface area contributed by atoms with E-state index in [0.29, 0.717) is 13.0 Å². The van der Waals surface area contributed by atoms with Gasteiger partial charge in [0.2, 0.25) is 0 Å². The number of aryl methyl sites for hydroxylation is 1. The van der Waals surface area contributed by atoms with Crippen molar-refractivity contribution >= 4 is 12.0 Å². The summed E-state index contributed by atoms with van der Waals surface area (Å²) in [6, 6.07) is 8.25. The summed E-state index contributed by atoms with van der Waals surface area (Å²) in [5, 5.41) is 0. The number of esters is 1. The minimum atomic E-state index is -0.0737. The first-order chi connectivity index (χ1) is 8.74. The second-order valence-electron chi connectivity index (χ2n) is 4.98. The van der Waals surface area contributed by atoms with Gasteiger partial charge >= 0.3 is 5.97 Å². The number of benzene rings is 1. The Labute approximate surface area is 109 Å². The summed E-state index contributed by atoms with van der Waals surface area (Å²) < 4.78 is 5.14. The first kappa shape index (κ1) is 12.9. The van der Waals surface area contributed by atoms with Gasteiger partial charge in [0.05, 0.1) is 0 Å². The molecule has 0 N–H and O–H groups in total. The lowest BCUT2D eigenvalue weighted by atomic mass is 10.1. The van der Waals surface area contributed by atoms with Crippen LogP contribution in [0, 0.1) is 12.8 Å². The van der Waals surface area contributed by atoms with E-state index in [9.17, 15) is 4.79 Å². The molecular formula is C16H20O2. The summed E-state index contributed by atoms with van der Waals surface area (Å²) in [7, 11) is 0. The van der Waals surface area contributed by atoms with E-state index >= 15 is 0 Å². The van der Waals surface area contributed by atoms with Crippen LogP contribution < -0.4 is 0 Å². The zero-order valence-corrected chi connectivity index (χ0v) is 10.9. The lowest BCUT2D eigenvalue weighted by Crippen LogP contribution is -2.04. The van der Waals surface area contributed by atoms with Gasteiger partial charge in [-0.1, -0.05) is 48.7 Å². The summed E-state index contributed by atoms with van der Waals surface area (Å²) >= 11 is 0. The first-order valence-electron chi connectivity index (χ1n) is 6.63. The molecule has 1 saturated carbocycles. The third-order valence-electron chi connectivity index (χ3n) is 3.18. The molecule has 96 valence electrons. The molecule has 0 heterocycles. The highest BCUT2D eigenvalue weighted by molar-refractivity contribution is 5.69. The Morgan fingerprint density at radius 3 is 2.72 bits per heavy atom. The van der Waals surface area contributed by atoms with E-state index in [0.717, 1.165) is 17.9 Å². The fourth-order valence-electron chi connectivity index (χ4n) is 1.80. The monoisotopic (exact) mass is 244 g/mol. The van der Waals surface area contributed by atoms with Crippen LogP contribution >= 0.6 is 0 Å². The van der Waals surface area contributed by atoms with Gasteiger partial charge in [-0.05, 0) is 30.9 Å². The molecule has 0 atom stereocenters. The van der Waals surface area contributed by atoms with Gasteiger partial charge in [0.15, 0.2) is 0 Å². The molecule has 0 unspecified atom stereocenters. The number of carbonyl (C=O) groups excluding carboxylic acids is 1. The average molecular weight is 244 g/mol. The highest BCUT2D eigenvalue weighted by Gasteiger charge is 2.21. The van der Waals surface area contributed by atoms with Crippen LogP contribution in [0.4, 0.5) is 0 Å². The number of ether oxygens (including phenoxy) is 1. The topological polar surface area (TPSA) is 26.3 Å². The van der Waals surface area contributed by atoms with E-state index in [1.807, 2.05) is 12.2 Å². The van der Waals surface area contributed by atoms with Crippen LogP contribution in [0.1, 0.15) is 36.8 Å². The molecule has 0 radical (unpaired) electrons. The summed E-state index contributed by atoms with van der Waals surface area (Å²) in [5.41, 5.74) is 2.38. The SMILES string of the molecule is Cc1ccc(C=CCOC(=O)CCC2CC2)cc1. The normalized spacial score (nSPS) is 14.9. The Morgan fingerprint density at radius 1 is 1.33 bits per heavy atom. The van der Waals surface area contributed by atoms with Crippen LogP contribution in [0.5, 0.6) is 0 Å². The molecule has 1 fully saturated rings. The van der Waals surface area contributed by atoms with Crippen LogP contribution in [-0.2, 0) is 9.53 Å². The van der Waals surface area contributed by atoms with Gasteiger partial charge in [0.25, 0.3) is 0 Å².